The molecule has 5 nitrogen and oxygen atoms in total. The Hall–Kier alpha value is -1.33. The molecule has 1 heterocycles. The third-order valence-corrected chi connectivity index (χ3v) is 3.60. The van der Waals surface area contributed by atoms with Gasteiger partial charge in [0, 0.05) is 13.7 Å². The summed E-state index contributed by atoms with van der Waals surface area (Å²) in [6, 6.07) is 0. The van der Waals surface area contributed by atoms with Gasteiger partial charge in [0.1, 0.15) is 11.0 Å². The molecule has 1 rings (SSSR count). The number of amides is 1. The van der Waals surface area contributed by atoms with Gasteiger partial charge in [0.25, 0.3) is 0 Å². The van der Waals surface area contributed by atoms with Crippen molar-refractivity contribution in [2.75, 3.05) is 6.61 Å². The largest absolute Gasteiger partial charge is 0.396 e. The summed E-state index contributed by atoms with van der Waals surface area (Å²) in [5.74, 6) is 0.611. The van der Waals surface area contributed by atoms with Crippen LogP contribution in [0.25, 0.3) is 0 Å². The van der Waals surface area contributed by atoms with Crippen molar-refractivity contribution in [2.24, 2.45) is 7.05 Å². The first-order valence-corrected chi connectivity index (χ1v) is 7.74. The Bertz CT molecular complexity index is 458. The fraction of sp³-hybridized carbons (Fsp3) is 0.600. The summed E-state index contributed by atoms with van der Waals surface area (Å²) in [5, 5.41) is 12.0. The molecule has 0 fully saturated rings. The average Bonchev–Trinajstić information content (AvgIpc) is 2.79. The predicted molar refractivity (Wildman–Crippen MR) is 84.0 cm³/mol. The van der Waals surface area contributed by atoms with Crippen LogP contribution in [0.4, 0.5) is 0 Å². The predicted octanol–water partition coefficient (Wildman–Crippen LogP) is 2.58. The summed E-state index contributed by atoms with van der Waals surface area (Å²) in [7, 11) is 1.81. The van der Waals surface area contributed by atoms with Crippen molar-refractivity contribution in [1.82, 2.24) is 14.9 Å². The second-order valence-corrected chi connectivity index (χ2v) is 5.34. The molecule has 0 saturated heterocycles. The number of hydrogen-bond donors (Lipinski definition) is 2. The van der Waals surface area contributed by atoms with Crippen LogP contribution in [0.2, 0.25) is 5.15 Å². The second kappa shape index (κ2) is 10.4. The molecular formula is C15H24ClN3O2. The van der Waals surface area contributed by atoms with Crippen molar-refractivity contribution in [3.05, 3.63) is 29.3 Å². The van der Waals surface area contributed by atoms with E-state index in [1.165, 1.54) is 0 Å². The van der Waals surface area contributed by atoms with E-state index < -0.39 is 0 Å². The Labute approximate surface area is 131 Å². The molecule has 0 atom stereocenters. The molecule has 0 aliphatic rings. The lowest BCUT2D eigenvalue weighted by molar-refractivity contribution is -0.116. The van der Waals surface area contributed by atoms with Crippen LogP contribution in [0, 0.1) is 0 Å². The maximum Gasteiger partial charge on any atom is 0.244 e. The van der Waals surface area contributed by atoms with Gasteiger partial charge in [-0.15, -0.1) is 0 Å². The highest BCUT2D eigenvalue weighted by Gasteiger charge is 2.04. The molecule has 1 aromatic rings. The van der Waals surface area contributed by atoms with Gasteiger partial charge in [0.15, 0.2) is 0 Å². The minimum absolute atomic E-state index is 0.116. The van der Waals surface area contributed by atoms with E-state index in [1.54, 1.807) is 16.8 Å². The van der Waals surface area contributed by atoms with Crippen molar-refractivity contribution >= 4 is 17.5 Å². The maximum atomic E-state index is 11.6. The lowest BCUT2D eigenvalue weighted by Crippen LogP contribution is -2.22. The highest BCUT2D eigenvalue weighted by molar-refractivity contribution is 6.29. The number of halogens is 1. The minimum atomic E-state index is -0.116. The van der Waals surface area contributed by atoms with E-state index in [9.17, 15) is 4.79 Å². The van der Waals surface area contributed by atoms with Crippen molar-refractivity contribution in [3.8, 4) is 0 Å². The first-order valence-electron chi connectivity index (χ1n) is 7.36. The van der Waals surface area contributed by atoms with Crippen LogP contribution in [-0.4, -0.2) is 27.2 Å². The molecule has 2 N–H and O–H groups in total. The number of aromatic nitrogens is 2. The van der Waals surface area contributed by atoms with Gasteiger partial charge in [0.05, 0.1) is 12.7 Å². The van der Waals surface area contributed by atoms with E-state index in [2.05, 4.69) is 10.3 Å². The summed E-state index contributed by atoms with van der Waals surface area (Å²) in [4.78, 5) is 15.7. The van der Waals surface area contributed by atoms with Crippen LogP contribution in [0.3, 0.4) is 0 Å². The van der Waals surface area contributed by atoms with Gasteiger partial charge in [-0.1, -0.05) is 36.9 Å². The molecule has 21 heavy (non-hydrogen) atoms. The Balaban J connectivity index is 2.10. The van der Waals surface area contributed by atoms with Gasteiger partial charge in [-0.3, -0.25) is 4.79 Å². The molecule has 0 radical (unpaired) electrons. The minimum Gasteiger partial charge on any atom is -0.396 e. The smallest absolute Gasteiger partial charge is 0.244 e. The van der Waals surface area contributed by atoms with Crippen molar-refractivity contribution in [3.63, 3.8) is 0 Å². The molecule has 0 bridgehead atoms. The maximum absolute atomic E-state index is 11.6. The van der Waals surface area contributed by atoms with Crippen LogP contribution >= 0.6 is 11.6 Å². The normalized spacial score (nSPS) is 11.2. The van der Waals surface area contributed by atoms with E-state index in [-0.39, 0.29) is 12.5 Å². The number of aliphatic hydroxyl groups is 1. The third-order valence-electron chi connectivity index (χ3n) is 3.25. The number of carbonyl (C=O) groups excluding carboxylic acids is 1. The van der Waals surface area contributed by atoms with Gasteiger partial charge < -0.3 is 15.0 Å². The lowest BCUT2D eigenvalue weighted by atomic mass is 10.1. The zero-order valence-corrected chi connectivity index (χ0v) is 13.3. The first kappa shape index (κ1) is 17.7. The topological polar surface area (TPSA) is 67.2 Å². The molecule has 6 heteroatoms. The van der Waals surface area contributed by atoms with Gasteiger partial charge >= 0.3 is 0 Å². The molecule has 0 saturated carbocycles. The monoisotopic (exact) mass is 313 g/mol. The highest BCUT2D eigenvalue weighted by Crippen LogP contribution is 2.08. The number of hydrogen-bond acceptors (Lipinski definition) is 3. The number of allylic oxidation sites excluding steroid dienone is 1. The standard InChI is InChI=1S/C15H24ClN3O2/c1-19-13(16)11-17-14(19)12-18-15(21)9-7-5-3-2-4-6-8-10-20/h7,9,11,20H,2-6,8,10,12H2,1H3,(H,18,21). The second-order valence-electron chi connectivity index (χ2n) is 4.96. The van der Waals surface area contributed by atoms with Gasteiger partial charge in [-0.2, -0.15) is 0 Å². The van der Waals surface area contributed by atoms with E-state index >= 15 is 0 Å². The van der Waals surface area contributed by atoms with Crippen molar-refractivity contribution in [2.45, 2.75) is 45.1 Å². The molecular weight excluding hydrogens is 290 g/mol. The van der Waals surface area contributed by atoms with Crippen LogP contribution < -0.4 is 5.32 Å². The SMILES string of the molecule is Cn1c(Cl)cnc1CNC(=O)C=CCCCCCCCO. The Morgan fingerprint density at radius 2 is 2.10 bits per heavy atom. The van der Waals surface area contributed by atoms with Crippen LogP contribution in [0.1, 0.15) is 44.3 Å². The van der Waals surface area contributed by atoms with Crippen molar-refractivity contribution in [1.29, 1.82) is 0 Å². The van der Waals surface area contributed by atoms with Gasteiger partial charge in [0.2, 0.25) is 5.91 Å². The van der Waals surface area contributed by atoms with Crippen molar-refractivity contribution < 1.29 is 9.90 Å². The summed E-state index contributed by atoms with van der Waals surface area (Å²) in [6.45, 7) is 0.648. The Morgan fingerprint density at radius 1 is 1.38 bits per heavy atom. The van der Waals surface area contributed by atoms with Crippen LogP contribution in [-0.2, 0) is 18.4 Å². The number of nitrogens with one attached hydrogen (secondary N) is 1. The molecule has 0 aliphatic carbocycles. The molecule has 0 aliphatic heterocycles. The average molecular weight is 314 g/mol. The summed E-state index contributed by atoms with van der Waals surface area (Å²) in [5.41, 5.74) is 0. The number of rotatable bonds is 10. The van der Waals surface area contributed by atoms with E-state index in [0.29, 0.717) is 11.7 Å². The van der Waals surface area contributed by atoms with Crippen LogP contribution in [0.15, 0.2) is 18.3 Å². The zero-order chi connectivity index (χ0) is 15.5. The van der Waals surface area contributed by atoms with Gasteiger partial charge in [-0.05, 0) is 25.3 Å². The highest BCUT2D eigenvalue weighted by atomic mass is 35.5. The molecule has 0 aromatic carbocycles. The zero-order valence-electron chi connectivity index (χ0n) is 12.5. The van der Waals surface area contributed by atoms with Gasteiger partial charge in [-0.25, -0.2) is 4.98 Å². The quantitative estimate of drug-likeness (QED) is 0.515. The number of carbonyl (C=O) groups is 1. The molecule has 1 aromatic heterocycles. The Morgan fingerprint density at radius 3 is 2.76 bits per heavy atom. The van der Waals surface area contributed by atoms with Crippen LogP contribution in [0.5, 0.6) is 0 Å². The summed E-state index contributed by atoms with van der Waals surface area (Å²) >= 11 is 5.87. The first-order chi connectivity index (χ1) is 10.1. The van der Waals surface area contributed by atoms with E-state index in [0.717, 1.165) is 44.3 Å². The third kappa shape index (κ3) is 7.29. The molecule has 0 unspecified atom stereocenters. The number of unbranched alkanes of at least 4 members (excludes halogenated alkanes) is 5. The molecule has 118 valence electrons. The summed E-state index contributed by atoms with van der Waals surface area (Å²) in [6.07, 6.45) is 11.2. The fourth-order valence-electron chi connectivity index (χ4n) is 1.91. The number of imidazole rings is 1. The molecule has 0 spiro atoms. The summed E-state index contributed by atoms with van der Waals surface area (Å²) < 4.78 is 1.73. The van der Waals surface area contributed by atoms with E-state index in [4.69, 9.17) is 16.7 Å². The number of nitrogens with zero attached hydrogens (tertiary/aromatic N) is 2. The Kier molecular flexibility index (Phi) is 8.78. The fourth-order valence-corrected chi connectivity index (χ4v) is 2.05. The van der Waals surface area contributed by atoms with E-state index in [1.807, 2.05) is 13.1 Å². The lowest BCUT2D eigenvalue weighted by Gasteiger charge is -2.03. The molecule has 1 amide bonds. The number of aliphatic hydroxyl groups excluding tert-OH is 1.